The van der Waals surface area contributed by atoms with Crippen LogP contribution in [-0.2, 0) is 14.6 Å². The van der Waals surface area contributed by atoms with Crippen LogP contribution >= 0.6 is 11.8 Å². The number of carbonyl (C=O) groups is 1. The molecule has 0 bridgehead atoms. The molecule has 0 heterocycles. The van der Waals surface area contributed by atoms with E-state index in [2.05, 4.69) is 5.32 Å². The van der Waals surface area contributed by atoms with E-state index < -0.39 is 9.84 Å². The summed E-state index contributed by atoms with van der Waals surface area (Å²) in [5, 5.41) is 2.58. The maximum Gasteiger partial charge on any atom is 0.204 e. The molecular weight excluding hydrogens is 198 g/mol. The number of hydrogen-bond donors (Lipinski definition) is 1. The van der Waals surface area contributed by atoms with Gasteiger partial charge in [0.2, 0.25) is 5.12 Å². The summed E-state index contributed by atoms with van der Waals surface area (Å²) in [6.07, 6.45) is 1.06. The first kappa shape index (κ1) is 11.9. The molecule has 0 aliphatic carbocycles. The van der Waals surface area contributed by atoms with E-state index in [0.29, 0.717) is 12.3 Å². The second-order valence-corrected chi connectivity index (χ2v) is 5.69. The molecule has 1 N–H and O–H groups in total. The van der Waals surface area contributed by atoms with Gasteiger partial charge in [-0.15, -0.1) is 0 Å². The van der Waals surface area contributed by atoms with Gasteiger partial charge in [-0.2, -0.15) is 0 Å². The molecule has 0 saturated heterocycles. The molecule has 0 aromatic heterocycles. The Morgan fingerprint density at radius 2 is 2.08 bits per heavy atom. The number of hydrogen-bond acceptors (Lipinski definition) is 5. The second-order valence-electron chi connectivity index (χ2n) is 2.39. The second kappa shape index (κ2) is 5.55. The zero-order valence-electron chi connectivity index (χ0n) is 7.16. The Balaban J connectivity index is 3.62. The lowest BCUT2D eigenvalue weighted by atomic mass is 10.8. The van der Waals surface area contributed by atoms with Crippen LogP contribution in [0.25, 0.3) is 0 Å². The van der Waals surface area contributed by atoms with Crippen LogP contribution in [0.4, 0.5) is 0 Å². The minimum absolute atomic E-state index is 0.284. The lowest BCUT2D eigenvalue weighted by molar-refractivity contribution is -0.108. The highest BCUT2D eigenvalue weighted by molar-refractivity contribution is 8.15. The third-order valence-corrected chi connectivity index (χ3v) is 2.84. The molecule has 0 spiro atoms. The molecule has 0 atom stereocenters. The molecular formula is C6H13NO3S2. The van der Waals surface area contributed by atoms with Crippen LogP contribution in [0.3, 0.4) is 0 Å². The fraction of sp³-hybridized carbons (Fsp3) is 0.833. The fourth-order valence-corrected chi connectivity index (χ4v) is 2.46. The molecule has 4 nitrogen and oxygen atoms in total. The first-order valence-corrected chi connectivity index (χ1v) is 6.48. The Kier molecular flexibility index (Phi) is 5.52. The van der Waals surface area contributed by atoms with Crippen LogP contribution in [0.15, 0.2) is 0 Å². The lowest BCUT2D eigenvalue weighted by Gasteiger charge is -1.98. The van der Waals surface area contributed by atoms with Crippen molar-refractivity contribution < 1.29 is 13.2 Å². The van der Waals surface area contributed by atoms with Crippen molar-refractivity contribution in [3.05, 3.63) is 0 Å². The summed E-state index contributed by atoms with van der Waals surface area (Å²) in [6.45, 7) is 0.709. The van der Waals surface area contributed by atoms with Crippen molar-refractivity contribution >= 4 is 26.7 Å². The highest BCUT2D eigenvalue weighted by Crippen LogP contribution is 2.02. The van der Waals surface area contributed by atoms with E-state index in [1.807, 2.05) is 0 Å². The van der Waals surface area contributed by atoms with E-state index >= 15 is 0 Å². The van der Waals surface area contributed by atoms with Gasteiger partial charge < -0.3 is 5.32 Å². The standard InChI is InChI=1S/C6H13NO3S2/c1-7-3-4-11-6(8)5-12(2,9)10/h7H,3-5H2,1-2H3. The van der Waals surface area contributed by atoms with Crippen molar-refractivity contribution in [2.24, 2.45) is 0 Å². The number of sulfone groups is 1. The predicted octanol–water partition coefficient (Wildman–Crippen LogP) is -0.490. The Labute approximate surface area is 77.0 Å². The Morgan fingerprint density at radius 3 is 2.50 bits per heavy atom. The van der Waals surface area contributed by atoms with Crippen LogP contribution in [0.1, 0.15) is 0 Å². The highest BCUT2D eigenvalue weighted by atomic mass is 32.2. The monoisotopic (exact) mass is 211 g/mol. The van der Waals surface area contributed by atoms with Gasteiger partial charge in [0.25, 0.3) is 0 Å². The quantitative estimate of drug-likeness (QED) is 0.622. The van der Waals surface area contributed by atoms with Crippen LogP contribution in [0.5, 0.6) is 0 Å². The minimum atomic E-state index is -3.15. The molecule has 0 rings (SSSR count). The van der Waals surface area contributed by atoms with Gasteiger partial charge in [-0.1, -0.05) is 11.8 Å². The van der Waals surface area contributed by atoms with Gasteiger partial charge in [0.15, 0.2) is 9.84 Å². The van der Waals surface area contributed by atoms with Crippen LogP contribution in [0, 0.1) is 0 Å². The molecule has 6 heteroatoms. The van der Waals surface area contributed by atoms with Crippen LogP contribution < -0.4 is 5.32 Å². The predicted molar refractivity (Wildman–Crippen MR) is 51.1 cm³/mol. The molecule has 0 unspecified atom stereocenters. The largest absolute Gasteiger partial charge is 0.319 e. The maximum atomic E-state index is 10.9. The summed E-state index contributed by atoms with van der Waals surface area (Å²) in [6, 6.07) is 0. The first-order chi connectivity index (χ1) is 5.45. The summed E-state index contributed by atoms with van der Waals surface area (Å²) in [5.41, 5.74) is 0. The van der Waals surface area contributed by atoms with Crippen molar-refractivity contribution in [1.29, 1.82) is 0 Å². The maximum absolute atomic E-state index is 10.9. The first-order valence-electron chi connectivity index (χ1n) is 3.43. The van der Waals surface area contributed by atoms with Crippen LogP contribution in [0.2, 0.25) is 0 Å². The van der Waals surface area contributed by atoms with Crippen molar-refractivity contribution in [3.63, 3.8) is 0 Å². The highest BCUT2D eigenvalue weighted by Gasteiger charge is 2.10. The Hall–Kier alpha value is -0.0700. The van der Waals surface area contributed by atoms with E-state index in [-0.39, 0.29) is 10.9 Å². The van der Waals surface area contributed by atoms with Gasteiger partial charge in [0.05, 0.1) is 0 Å². The molecule has 12 heavy (non-hydrogen) atoms. The molecule has 0 aliphatic heterocycles. The normalized spacial score (nSPS) is 11.5. The van der Waals surface area contributed by atoms with Crippen molar-refractivity contribution in [1.82, 2.24) is 5.32 Å². The van der Waals surface area contributed by atoms with E-state index in [0.717, 1.165) is 18.0 Å². The number of carbonyl (C=O) groups excluding carboxylic acids is 1. The van der Waals surface area contributed by atoms with Crippen LogP contribution in [-0.4, -0.2) is 44.9 Å². The van der Waals surface area contributed by atoms with Gasteiger partial charge in [0, 0.05) is 18.6 Å². The van der Waals surface area contributed by atoms with Gasteiger partial charge in [0.1, 0.15) is 5.75 Å². The van der Waals surface area contributed by atoms with E-state index in [4.69, 9.17) is 0 Å². The summed E-state index contributed by atoms with van der Waals surface area (Å²) in [5.74, 6) is 0.256. The van der Waals surface area contributed by atoms with E-state index in [9.17, 15) is 13.2 Å². The van der Waals surface area contributed by atoms with Crippen molar-refractivity contribution in [2.45, 2.75) is 0 Å². The summed E-state index contributed by atoms with van der Waals surface area (Å²) in [7, 11) is -1.37. The van der Waals surface area contributed by atoms with E-state index in [1.54, 1.807) is 7.05 Å². The zero-order chi connectivity index (χ0) is 9.61. The lowest BCUT2D eigenvalue weighted by Crippen LogP contribution is -2.15. The zero-order valence-corrected chi connectivity index (χ0v) is 8.80. The molecule has 0 fully saturated rings. The third-order valence-electron chi connectivity index (χ3n) is 0.995. The van der Waals surface area contributed by atoms with Gasteiger partial charge in [-0.25, -0.2) is 8.42 Å². The summed E-state index contributed by atoms with van der Waals surface area (Å²) in [4.78, 5) is 10.9. The molecule has 0 radical (unpaired) electrons. The SMILES string of the molecule is CNCCSC(=O)CS(C)(=O)=O. The fourth-order valence-electron chi connectivity index (χ4n) is 0.523. The average Bonchev–Trinajstić information content (AvgIpc) is 1.84. The number of rotatable bonds is 5. The Morgan fingerprint density at radius 1 is 1.50 bits per heavy atom. The van der Waals surface area contributed by atoms with E-state index in [1.165, 1.54) is 0 Å². The summed E-state index contributed by atoms with van der Waals surface area (Å²) >= 11 is 1.05. The molecule has 0 amide bonds. The molecule has 0 aliphatic rings. The van der Waals surface area contributed by atoms with Gasteiger partial charge >= 0.3 is 0 Å². The summed E-state index contributed by atoms with van der Waals surface area (Å²) < 4.78 is 21.2. The smallest absolute Gasteiger partial charge is 0.204 e. The topological polar surface area (TPSA) is 63.2 Å². The number of thioether (sulfide) groups is 1. The van der Waals surface area contributed by atoms with Crippen molar-refractivity contribution in [2.75, 3.05) is 31.4 Å². The van der Waals surface area contributed by atoms with Gasteiger partial charge in [-0.05, 0) is 7.05 Å². The molecule has 72 valence electrons. The average molecular weight is 211 g/mol. The molecule has 0 saturated carbocycles. The number of nitrogens with one attached hydrogen (secondary N) is 1. The molecule has 0 aromatic rings. The van der Waals surface area contributed by atoms with Gasteiger partial charge in [-0.3, -0.25) is 4.79 Å². The Bertz CT molecular complexity index is 235. The molecule has 0 aromatic carbocycles. The van der Waals surface area contributed by atoms with Crippen molar-refractivity contribution in [3.8, 4) is 0 Å². The minimum Gasteiger partial charge on any atom is -0.319 e. The third kappa shape index (κ3) is 8.03.